The molecule has 1 aromatic carbocycles. The van der Waals surface area contributed by atoms with Crippen LogP contribution in [0.5, 0.6) is 5.75 Å². The third kappa shape index (κ3) is 3.24. The summed E-state index contributed by atoms with van der Waals surface area (Å²) in [5.74, 6) is 0.501. The number of methoxy groups -OCH3 is 1. The van der Waals surface area contributed by atoms with Gasteiger partial charge < -0.3 is 19.9 Å². The van der Waals surface area contributed by atoms with Crippen molar-refractivity contribution in [2.45, 2.75) is 25.3 Å². The van der Waals surface area contributed by atoms with Crippen LogP contribution in [0.2, 0.25) is 0 Å². The van der Waals surface area contributed by atoms with E-state index in [4.69, 9.17) is 4.74 Å². The minimum atomic E-state index is -0.256. The summed E-state index contributed by atoms with van der Waals surface area (Å²) < 4.78 is 5.35. The molecule has 1 atom stereocenters. The summed E-state index contributed by atoms with van der Waals surface area (Å²) in [5.41, 5.74) is 0.745. The summed E-state index contributed by atoms with van der Waals surface area (Å²) in [4.78, 5) is 28.8. The Bertz CT molecular complexity index is 611. The number of ether oxygens (including phenoxy) is 1. The van der Waals surface area contributed by atoms with Gasteiger partial charge in [-0.25, -0.2) is 0 Å². The molecule has 130 valence electrons. The fourth-order valence-electron chi connectivity index (χ4n) is 3.61. The van der Waals surface area contributed by atoms with Crippen molar-refractivity contribution in [2.75, 3.05) is 38.7 Å². The Kier molecular flexibility index (Phi) is 5.04. The largest absolute Gasteiger partial charge is 0.495 e. The van der Waals surface area contributed by atoms with Gasteiger partial charge in [0.25, 0.3) is 0 Å². The predicted molar refractivity (Wildman–Crippen MR) is 92.1 cm³/mol. The molecule has 6 heteroatoms. The van der Waals surface area contributed by atoms with Gasteiger partial charge in [0.15, 0.2) is 0 Å². The van der Waals surface area contributed by atoms with Crippen LogP contribution in [-0.2, 0) is 9.59 Å². The van der Waals surface area contributed by atoms with Crippen molar-refractivity contribution in [2.24, 2.45) is 5.92 Å². The molecule has 1 aromatic rings. The SMILES string of the molecule is CNC1CCN(C(=O)C2CC(=O)N(c3ccccc3OC)C2)CC1. The van der Waals surface area contributed by atoms with Gasteiger partial charge in [0.1, 0.15) is 5.75 Å². The molecule has 0 aliphatic carbocycles. The van der Waals surface area contributed by atoms with Gasteiger partial charge in [-0.05, 0) is 32.0 Å². The number of nitrogens with one attached hydrogen (secondary N) is 1. The van der Waals surface area contributed by atoms with E-state index < -0.39 is 0 Å². The van der Waals surface area contributed by atoms with Crippen molar-refractivity contribution in [1.82, 2.24) is 10.2 Å². The molecule has 1 N–H and O–H groups in total. The molecular formula is C18H25N3O3. The van der Waals surface area contributed by atoms with Gasteiger partial charge in [-0.2, -0.15) is 0 Å². The van der Waals surface area contributed by atoms with Crippen LogP contribution in [0, 0.1) is 5.92 Å². The zero-order valence-corrected chi connectivity index (χ0v) is 14.3. The van der Waals surface area contributed by atoms with Gasteiger partial charge in [-0.3, -0.25) is 9.59 Å². The van der Waals surface area contributed by atoms with Crippen molar-refractivity contribution >= 4 is 17.5 Å². The average molecular weight is 331 g/mol. The summed E-state index contributed by atoms with van der Waals surface area (Å²) in [6, 6.07) is 7.94. The molecule has 0 radical (unpaired) electrons. The number of anilines is 1. The van der Waals surface area contributed by atoms with Crippen molar-refractivity contribution in [3.05, 3.63) is 24.3 Å². The summed E-state index contributed by atoms with van der Waals surface area (Å²) in [6.07, 6.45) is 2.22. The zero-order valence-electron chi connectivity index (χ0n) is 14.3. The first-order chi connectivity index (χ1) is 11.6. The highest BCUT2D eigenvalue weighted by Gasteiger charge is 2.38. The second kappa shape index (κ2) is 7.21. The third-order valence-corrected chi connectivity index (χ3v) is 5.07. The number of hydrogen-bond donors (Lipinski definition) is 1. The Labute approximate surface area is 142 Å². The number of para-hydroxylation sites is 2. The van der Waals surface area contributed by atoms with Crippen LogP contribution < -0.4 is 15.0 Å². The molecular weight excluding hydrogens is 306 g/mol. The summed E-state index contributed by atoms with van der Waals surface area (Å²) >= 11 is 0. The fraction of sp³-hybridized carbons (Fsp3) is 0.556. The molecule has 6 nitrogen and oxygen atoms in total. The van der Waals surface area contributed by atoms with E-state index in [9.17, 15) is 9.59 Å². The molecule has 2 aliphatic rings. The molecule has 2 aliphatic heterocycles. The lowest BCUT2D eigenvalue weighted by atomic mass is 10.0. The van der Waals surface area contributed by atoms with Gasteiger partial charge in [0.05, 0.1) is 18.7 Å². The molecule has 3 rings (SSSR count). The molecule has 24 heavy (non-hydrogen) atoms. The summed E-state index contributed by atoms with van der Waals surface area (Å²) in [7, 11) is 3.55. The monoisotopic (exact) mass is 331 g/mol. The van der Waals surface area contributed by atoms with Gasteiger partial charge in [-0.15, -0.1) is 0 Å². The first-order valence-electron chi connectivity index (χ1n) is 8.53. The second-order valence-electron chi connectivity index (χ2n) is 6.47. The van der Waals surface area contributed by atoms with E-state index in [1.165, 1.54) is 0 Å². The van der Waals surface area contributed by atoms with E-state index in [0.717, 1.165) is 31.6 Å². The van der Waals surface area contributed by atoms with Crippen molar-refractivity contribution < 1.29 is 14.3 Å². The number of carbonyl (C=O) groups is 2. The first-order valence-corrected chi connectivity index (χ1v) is 8.53. The molecule has 2 saturated heterocycles. The van der Waals surface area contributed by atoms with E-state index in [0.29, 0.717) is 18.3 Å². The number of nitrogens with zero attached hydrogens (tertiary/aromatic N) is 2. The minimum absolute atomic E-state index is 0.0111. The average Bonchev–Trinajstić information content (AvgIpc) is 3.02. The zero-order chi connectivity index (χ0) is 17.1. The lowest BCUT2D eigenvalue weighted by Crippen LogP contribution is -2.46. The summed E-state index contributed by atoms with van der Waals surface area (Å²) in [6.45, 7) is 1.97. The highest BCUT2D eigenvalue weighted by molar-refractivity contribution is 6.01. The smallest absolute Gasteiger partial charge is 0.228 e. The quantitative estimate of drug-likeness (QED) is 0.902. The Balaban J connectivity index is 1.67. The van der Waals surface area contributed by atoms with Crippen LogP contribution in [0.4, 0.5) is 5.69 Å². The van der Waals surface area contributed by atoms with Gasteiger partial charge in [0, 0.05) is 32.1 Å². The molecule has 2 fully saturated rings. The summed E-state index contributed by atoms with van der Waals surface area (Å²) in [5, 5.41) is 3.27. The minimum Gasteiger partial charge on any atom is -0.495 e. The normalized spacial score (nSPS) is 22.1. The second-order valence-corrected chi connectivity index (χ2v) is 6.47. The molecule has 1 unspecified atom stereocenters. The first kappa shape index (κ1) is 16.8. The van der Waals surface area contributed by atoms with E-state index in [1.54, 1.807) is 12.0 Å². The molecule has 2 amide bonds. The Morgan fingerprint density at radius 3 is 2.62 bits per heavy atom. The number of hydrogen-bond acceptors (Lipinski definition) is 4. The number of rotatable bonds is 4. The van der Waals surface area contributed by atoms with Crippen molar-refractivity contribution in [3.8, 4) is 5.75 Å². The van der Waals surface area contributed by atoms with E-state index >= 15 is 0 Å². The lowest BCUT2D eigenvalue weighted by Gasteiger charge is -2.33. The number of piperidine rings is 1. The molecule has 0 bridgehead atoms. The van der Waals surface area contributed by atoms with Gasteiger partial charge in [0.2, 0.25) is 11.8 Å². The van der Waals surface area contributed by atoms with E-state index in [2.05, 4.69) is 5.32 Å². The van der Waals surface area contributed by atoms with Crippen molar-refractivity contribution in [1.29, 1.82) is 0 Å². The maximum absolute atomic E-state index is 12.8. The third-order valence-electron chi connectivity index (χ3n) is 5.07. The number of carbonyl (C=O) groups excluding carboxylic acids is 2. The van der Waals surface area contributed by atoms with Crippen molar-refractivity contribution in [3.63, 3.8) is 0 Å². The van der Waals surface area contributed by atoms with E-state index in [-0.39, 0.29) is 24.2 Å². The Morgan fingerprint density at radius 2 is 1.96 bits per heavy atom. The number of likely N-dealkylation sites (tertiary alicyclic amines) is 1. The topological polar surface area (TPSA) is 61.9 Å². The molecule has 0 saturated carbocycles. The van der Waals surface area contributed by atoms with Crippen LogP contribution >= 0.6 is 0 Å². The maximum atomic E-state index is 12.8. The van der Waals surface area contributed by atoms with Crippen LogP contribution in [0.25, 0.3) is 0 Å². The van der Waals surface area contributed by atoms with Crippen LogP contribution in [0.3, 0.4) is 0 Å². The Hall–Kier alpha value is -2.08. The molecule has 2 heterocycles. The highest BCUT2D eigenvalue weighted by atomic mass is 16.5. The maximum Gasteiger partial charge on any atom is 0.228 e. The number of amides is 2. The molecule has 0 aromatic heterocycles. The fourth-order valence-corrected chi connectivity index (χ4v) is 3.61. The lowest BCUT2D eigenvalue weighted by molar-refractivity contribution is -0.136. The van der Waals surface area contributed by atoms with Crippen LogP contribution in [0.1, 0.15) is 19.3 Å². The predicted octanol–water partition coefficient (Wildman–Crippen LogP) is 1.26. The van der Waals surface area contributed by atoms with Crippen LogP contribution in [0.15, 0.2) is 24.3 Å². The van der Waals surface area contributed by atoms with Gasteiger partial charge >= 0.3 is 0 Å². The standard InChI is InChI=1S/C18H25N3O3/c1-19-14-7-9-20(10-8-14)18(23)13-11-17(22)21(12-13)15-5-3-4-6-16(15)24-2/h3-6,13-14,19H,7-12H2,1-2H3. The van der Waals surface area contributed by atoms with Crippen LogP contribution in [-0.4, -0.2) is 56.5 Å². The Morgan fingerprint density at radius 1 is 1.25 bits per heavy atom. The number of benzene rings is 1. The molecule has 0 spiro atoms. The van der Waals surface area contributed by atoms with E-state index in [1.807, 2.05) is 36.2 Å². The van der Waals surface area contributed by atoms with Gasteiger partial charge in [-0.1, -0.05) is 12.1 Å². The highest BCUT2D eigenvalue weighted by Crippen LogP contribution is 2.33.